The van der Waals surface area contributed by atoms with E-state index in [9.17, 15) is 19.7 Å². The molecule has 0 N–H and O–H groups in total. The maximum absolute atomic E-state index is 11.8. The van der Waals surface area contributed by atoms with Gasteiger partial charge in [0.05, 0.1) is 18.1 Å². The number of nitro benzene ring substituents is 1. The summed E-state index contributed by atoms with van der Waals surface area (Å²) in [5.74, 6) is -3.43. The lowest BCUT2D eigenvalue weighted by molar-refractivity contribution is -0.384. The number of carbonyl (C=O) groups excluding carboxylic acids is 2. The molecule has 1 atom stereocenters. The first-order valence-electron chi connectivity index (χ1n) is 4.77. The third-order valence-corrected chi connectivity index (χ3v) is 2.17. The molecule has 0 unspecified atom stereocenters. The van der Waals surface area contributed by atoms with Crippen LogP contribution in [0, 0.1) is 27.4 Å². The Morgan fingerprint density at radius 1 is 1.50 bits per heavy atom. The van der Waals surface area contributed by atoms with E-state index >= 15 is 0 Å². The molecule has 7 nitrogen and oxygen atoms in total. The highest BCUT2D eigenvalue weighted by Gasteiger charge is 2.29. The summed E-state index contributed by atoms with van der Waals surface area (Å²) in [4.78, 5) is 32.9. The summed E-state index contributed by atoms with van der Waals surface area (Å²) < 4.78 is 4.31. The number of carbonyl (C=O) groups is 2. The number of hydrogen-bond acceptors (Lipinski definition) is 6. The van der Waals surface area contributed by atoms with Crippen LogP contribution in [0.3, 0.4) is 0 Å². The predicted octanol–water partition coefficient (Wildman–Crippen LogP) is 1.09. The van der Waals surface area contributed by atoms with Gasteiger partial charge in [0.15, 0.2) is 5.78 Å². The SMILES string of the molecule is COC(=O)[C@H](C#N)C(=O)c1cccc([N+](=O)[O-])c1. The van der Waals surface area contributed by atoms with E-state index in [2.05, 4.69) is 4.74 Å². The van der Waals surface area contributed by atoms with E-state index in [0.717, 1.165) is 13.2 Å². The summed E-state index contributed by atoms with van der Waals surface area (Å²) in [5, 5.41) is 19.3. The smallest absolute Gasteiger partial charge is 0.331 e. The molecule has 1 rings (SSSR count). The van der Waals surface area contributed by atoms with Crippen LogP contribution in [0.2, 0.25) is 0 Å². The number of rotatable bonds is 4. The lowest BCUT2D eigenvalue weighted by atomic mass is 9.99. The van der Waals surface area contributed by atoms with Crippen molar-refractivity contribution in [1.29, 1.82) is 5.26 Å². The molecule has 0 saturated heterocycles. The van der Waals surface area contributed by atoms with Crippen LogP contribution in [0.4, 0.5) is 5.69 Å². The normalized spacial score (nSPS) is 11.1. The van der Waals surface area contributed by atoms with E-state index in [1.807, 2.05) is 0 Å². The monoisotopic (exact) mass is 248 g/mol. The lowest BCUT2D eigenvalue weighted by Crippen LogP contribution is -2.24. The van der Waals surface area contributed by atoms with Crippen molar-refractivity contribution in [2.45, 2.75) is 0 Å². The summed E-state index contributed by atoms with van der Waals surface area (Å²) in [6, 6.07) is 6.32. The van der Waals surface area contributed by atoms with Crippen molar-refractivity contribution in [2.75, 3.05) is 7.11 Å². The highest BCUT2D eigenvalue weighted by atomic mass is 16.6. The maximum Gasteiger partial charge on any atom is 0.331 e. The van der Waals surface area contributed by atoms with Crippen LogP contribution >= 0.6 is 0 Å². The van der Waals surface area contributed by atoms with E-state index in [4.69, 9.17) is 5.26 Å². The number of esters is 1. The molecule has 0 bridgehead atoms. The molecule has 0 aromatic heterocycles. The Bertz CT molecular complexity index is 547. The fourth-order valence-corrected chi connectivity index (χ4v) is 1.28. The Kier molecular flexibility index (Phi) is 4.10. The maximum atomic E-state index is 11.8. The van der Waals surface area contributed by atoms with Gasteiger partial charge in [-0.25, -0.2) is 0 Å². The summed E-state index contributed by atoms with van der Waals surface area (Å²) in [5.41, 5.74) is -0.372. The van der Waals surface area contributed by atoms with Gasteiger partial charge in [-0.2, -0.15) is 5.26 Å². The number of nitrogens with zero attached hydrogens (tertiary/aromatic N) is 2. The fourth-order valence-electron chi connectivity index (χ4n) is 1.28. The molecule has 0 saturated carbocycles. The third kappa shape index (κ3) is 2.68. The van der Waals surface area contributed by atoms with Gasteiger partial charge in [0.2, 0.25) is 5.92 Å². The van der Waals surface area contributed by atoms with E-state index in [1.54, 1.807) is 0 Å². The van der Waals surface area contributed by atoms with Gasteiger partial charge in [0.1, 0.15) is 0 Å². The average Bonchev–Trinajstić information content (AvgIpc) is 2.39. The summed E-state index contributed by atoms with van der Waals surface area (Å²) >= 11 is 0. The molecule has 0 aliphatic carbocycles. The van der Waals surface area contributed by atoms with Crippen LogP contribution in [0.5, 0.6) is 0 Å². The molecule has 1 aromatic rings. The van der Waals surface area contributed by atoms with Crippen molar-refractivity contribution in [1.82, 2.24) is 0 Å². The first kappa shape index (κ1) is 13.3. The highest BCUT2D eigenvalue weighted by Crippen LogP contribution is 2.16. The Hall–Kier alpha value is -2.75. The Morgan fingerprint density at radius 3 is 2.67 bits per heavy atom. The number of non-ortho nitro benzene ring substituents is 1. The van der Waals surface area contributed by atoms with Gasteiger partial charge >= 0.3 is 5.97 Å². The first-order chi connectivity index (χ1) is 8.51. The van der Waals surface area contributed by atoms with Gasteiger partial charge in [-0.3, -0.25) is 19.7 Å². The Morgan fingerprint density at radius 2 is 2.17 bits per heavy atom. The van der Waals surface area contributed by atoms with Crippen LogP contribution in [0.1, 0.15) is 10.4 Å². The zero-order chi connectivity index (χ0) is 13.7. The number of nitriles is 1. The second-order valence-electron chi connectivity index (χ2n) is 3.26. The minimum absolute atomic E-state index is 0.0823. The van der Waals surface area contributed by atoms with Crippen LogP contribution in [0.25, 0.3) is 0 Å². The van der Waals surface area contributed by atoms with Crippen molar-refractivity contribution in [3.05, 3.63) is 39.9 Å². The number of ether oxygens (including phenoxy) is 1. The van der Waals surface area contributed by atoms with E-state index in [0.29, 0.717) is 0 Å². The van der Waals surface area contributed by atoms with Crippen molar-refractivity contribution in [3.63, 3.8) is 0 Å². The van der Waals surface area contributed by atoms with E-state index in [-0.39, 0.29) is 11.3 Å². The average molecular weight is 248 g/mol. The van der Waals surface area contributed by atoms with Gasteiger partial charge < -0.3 is 4.74 Å². The Balaban J connectivity index is 3.11. The van der Waals surface area contributed by atoms with Crippen molar-refractivity contribution in [3.8, 4) is 6.07 Å². The summed E-state index contributed by atoms with van der Waals surface area (Å²) in [6.07, 6.45) is 0. The molecular weight excluding hydrogens is 240 g/mol. The Labute approximate surface area is 102 Å². The van der Waals surface area contributed by atoms with Gasteiger partial charge in [0.25, 0.3) is 5.69 Å². The minimum atomic E-state index is -1.61. The largest absolute Gasteiger partial charge is 0.468 e. The topological polar surface area (TPSA) is 110 Å². The quantitative estimate of drug-likeness (QED) is 0.259. The van der Waals surface area contributed by atoms with Crippen LogP contribution < -0.4 is 0 Å². The van der Waals surface area contributed by atoms with Crippen LogP contribution in [-0.2, 0) is 9.53 Å². The van der Waals surface area contributed by atoms with Gasteiger partial charge in [-0.1, -0.05) is 12.1 Å². The number of Topliss-reactive ketones (excluding diaryl/α,β-unsaturated/α-hetero) is 1. The highest BCUT2D eigenvalue weighted by molar-refractivity contribution is 6.10. The fraction of sp³-hybridized carbons (Fsp3) is 0.182. The molecule has 0 aliphatic rings. The molecule has 0 spiro atoms. The van der Waals surface area contributed by atoms with Crippen LogP contribution in [0.15, 0.2) is 24.3 Å². The second kappa shape index (κ2) is 5.54. The van der Waals surface area contributed by atoms with E-state index < -0.39 is 22.6 Å². The predicted molar refractivity (Wildman–Crippen MR) is 58.5 cm³/mol. The number of nitro groups is 1. The van der Waals surface area contributed by atoms with Gasteiger partial charge in [-0.15, -0.1) is 0 Å². The number of methoxy groups -OCH3 is 1. The molecule has 18 heavy (non-hydrogen) atoms. The molecular formula is C11H8N2O5. The van der Waals surface area contributed by atoms with E-state index in [1.165, 1.54) is 24.3 Å². The second-order valence-corrected chi connectivity index (χ2v) is 3.26. The molecule has 0 fully saturated rings. The van der Waals surface area contributed by atoms with Crippen molar-refractivity contribution >= 4 is 17.4 Å². The van der Waals surface area contributed by atoms with Gasteiger partial charge in [-0.05, 0) is 0 Å². The molecule has 0 amide bonds. The summed E-state index contributed by atoms with van der Waals surface area (Å²) in [6.45, 7) is 0. The standard InChI is InChI=1S/C11H8N2O5/c1-18-11(15)9(6-12)10(14)7-3-2-4-8(5-7)13(16)17/h2-5,9H,1H3/t9-/m1/s1. The summed E-state index contributed by atoms with van der Waals surface area (Å²) in [7, 11) is 1.05. The van der Waals surface area contributed by atoms with Gasteiger partial charge in [0, 0.05) is 17.7 Å². The molecule has 92 valence electrons. The minimum Gasteiger partial charge on any atom is -0.468 e. The molecule has 1 aromatic carbocycles. The number of ketones is 1. The first-order valence-corrected chi connectivity index (χ1v) is 4.77. The van der Waals surface area contributed by atoms with Crippen LogP contribution in [-0.4, -0.2) is 23.8 Å². The lowest BCUT2D eigenvalue weighted by Gasteiger charge is -2.05. The molecule has 0 radical (unpaired) electrons. The zero-order valence-corrected chi connectivity index (χ0v) is 9.32. The molecule has 0 aliphatic heterocycles. The number of hydrogen-bond donors (Lipinski definition) is 0. The molecule has 0 heterocycles. The van der Waals surface area contributed by atoms with Crippen molar-refractivity contribution < 1.29 is 19.2 Å². The number of benzene rings is 1. The third-order valence-electron chi connectivity index (χ3n) is 2.17. The zero-order valence-electron chi connectivity index (χ0n) is 9.32. The van der Waals surface area contributed by atoms with Crippen molar-refractivity contribution in [2.24, 2.45) is 5.92 Å². The molecule has 7 heteroatoms.